The van der Waals surface area contributed by atoms with Crippen molar-refractivity contribution >= 4 is 22.7 Å². The summed E-state index contributed by atoms with van der Waals surface area (Å²) in [6.07, 6.45) is 3.56. The highest BCUT2D eigenvalue weighted by Gasteiger charge is 2.05. The lowest BCUT2D eigenvalue weighted by molar-refractivity contribution is 0.307. The van der Waals surface area contributed by atoms with E-state index in [1.165, 1.54) is 23.5 Å². The summed E-state index contributed by atoms with van der Waals surface area (Å²) in [5.41, 5.74) is 5.60. The Morgan fingerprint density at radius 2 is 2.08 bits per heavy atom. The summed E-state index contributed by atoms with van der Waals surface area (Å²) in [7, 11) is 0. The molecule has 1 heterocycles. The predicted molar refractivity (Wildman–Crippen MR) is 106 cm³/mol. The summed E-state index contributed by atoms with van der Waals surface area (Å²) in [5.74, 6) is 0.169. The van der Waals surface area contributed by atoms with Crippen LogP contribution in [0.25, 0.3) is 11.3 Å². The van der Waals surface area contributed by atoms with Crippen molar-refractivity contribution in [3.05, 3.63) is 65.3 Å². The number of hydrazone groups is 1. The number of hydrogen-bond acceptors (Lipinski definition) is 5. The van der Waals surface area contributed by atoms with Crippen molar-refractivity contribution in [1.82, 2.24) is 4.98 Å². The van der Waals surface area contributed by atoms with Crippen molar-refractivity contribution in [2.24, 2.45) is 5.10 Å². The van der Waals surface area contributed by atoms with E-state index in [2.05, 4.69) is 22.4 Å². The molecule has 0 spiro atoms. The Balaban J connectivity index is 1.66. The first kappa shape index (κ1) is 18.1. The van der Waals surface area contributed by atoms with Crippen LogP contribution < -0.4 is 10.2 Å². The fourth-order valence-corrected chi connectivity index (χ4v) is 2.96. The zero-order chi connectivity index (χ0) is 18.2. The minimum atomic E-state index is -0.325. The quantitative estimate of drug-likeness (QED) is 0.320. The fourth-order valence-electron chi connectivity index (χ4n) is 2.29. The van der Waals surface area contributed by atoms with Crippen LogP contribution in [0.15, 0.2) is 59.0 Å². The van der Waals surface area contributed by atoms with Crippen molar-refractivity contribution in [2.75, 3.05) is 12.0 Å². The Labute approximate surface area is 156 Å². The minimum Gasteiger partial charge on any atom is -0.493 e. The van der Waals surface area contributed by atoms with Gasteiger partial charge in [-0.2, -0.15) is 5.10 Å². The van der Waals surface area contributed by atoms with Gasteiger partial charge in [-0.15, -0.1) is 11.3 Å². The number of aromatic nitrogens is 1. The Hall–Kier alpha value is -2.73. The second-order valence-corrected chi connectivity index (χ2v) is 6.52. The van der Waals surface area contributed by atoms with Gasteiger partial charge in [0.05, 0.1) is 18.5 Å². The molecule has 0 bridgehead atoms. The highest BCUT2D eigenvalue weighted by Crippen LogP contribution is 2.24. The Morgan fingerprint density at radius 1 is 1.23 bits per heavy atom. The van der Waals surface area contributed by atoms with Gasteiger partial charge in [0.2, 0.25) is 5.13 Å². The topological polar surface area (TPSA) is 46.5 Å². The fraction of sp³-hybridized carbons (Fsp3) is 0.200. The van der Waals surface area contributed by atoms with E-state index in [-0.39, 0.29) is 5.82 Å². The van der Waals surface area contributed by atoms with Crippen molar-refractivity contribution in [3.8, 4) is 17.0 Å². The molecule has 0 amide bonds. The van der Waals surface area contributed by atoms with E-state index < -0.39 is 0 Å². The van der Waals surface area contributed by atoms with Crippen LogP contribution in [0.4, 0.5) is 9.52 Å². The molecular weight excluding hydrogens is 349 g/mol. The van der Waals surface area contributed by atoms with Gasteiger partial charge in [-0.3, -0.25) is 5.43 Å². The molecule has 0 aliphatic carbocycles. The molecule has 1 N–H and O–H groups in total. The summed E-state index contributed by atoms with van der Waals surface area (Å²) in [4.78, 5) is 4.51. The molecule has 0 radical (unpaired) electrons. The van der Waals surface area contributed by atoms with E-state index >= 15 is 0 Å². The maximum absolute atomic E-state index is 13.5. The average Bonchev–Trinajstić information content (AvgIpc) is 3.13. The molecule has 0 unspecified atom stereocenters. The maximum Gasteiger partial charge on any atom is 0.203 e. The van der Waals surface area contributed by atoms with E-state index in [0.29, 0.717) is 17.5 Å². The van der Waals surface area contributed by atoms with Crippen molar-refractivity contribution in [3.63, 3.8) is 0 Å². The molecule has 6 heteroatoms. The monoisotopic (exact) mass is 369 g/mol. The second kappa shape index (κ2) is 9.10. The first-order chi connectivity index (χ1) is 12.8. The molecule has 0 saturated carbocycles. The molecule has 2 aromatic carbocycles. The predicted octanol–water partition coefficient (Wildman–Crippen LogP) is 5.57. The van der Waals surface area contributed by atoms with E-state index in [4.69, 9.17) is 4.74 Å². The number of nitrogens with one attached hydrogen (secondary N) is 1. The van der Waals surface area contributed by atoms with Gasteiger partial charge >= 0.3 is 0 Å². The van der Waals surface area contributed by atoms with Crippen molar-refractivity contribution in [2.45, 2.75) is 19.8 Å². The Bertz CT molecular complexity index is 865. The highest BCUT2D eigenvalue weighted by molar-refractivity contribution is 7.14. The number of rotatable bonds is 8. The van der Waals surface area contributed by atoms with Gasteiger partial charge < -0.3 is 4.74 Å². The third kappa shape index (κ3) is 4.89. The van der Waals surface area contributed by atoms with Crippen molar-refractivity contribution in [1.29, 1.82) is 0 Å². The lowest BCUT2D eigenvalue weighted by Gasteiger charge is -2.08. The van der Waals surface area contributed by atoms with Gasteiger partial charge in [0, 0.05) is 22.6 Å². The van der Waals surface area contributed by atoms with Crippen LogP contribution in [-0.2, 0) is 0 Å². The summed E-state index contributed by atoms with van der Waals surface area (Å²) in [6.45, 7) is 2.64. The van der Waals surface area contributed by atoms with Crippen LogP contribution in [0, 0.1) is 5.82 Å². The lowest BCUT2D eigenvalue weighted by Crippen LogP contribution is -2.01. The lowest BCUT2D eigenvalue weighted by atomic mass is 10.2. The van der Waals surface area contributed by atoms with Crippen LogP contribution in [0.5, 0.6) is 5.75 Å². The zero-order valence-corrected chi connectivity index (χ0v) is 15.3. The Kier molecular flexibility index (Phi) is 6.33. The SMILES string of the molecule is CCCCOc1cc(F)ccc1C=NNc1nc(-c2ccccc2)cs1. The largest absolute Gasteiger partial charge is 0.493 e. The van der Waals surface area contributed by atoms with E-state index in [0.717, 1.165) is 29.7 Å². The van der Waals surface area contributed by atoms with E-state index in [1.54, 1.807) is 12.3 Å². The van der Waals surface area contributed by atoms with Gasteiger partial charge in [-0.05, 0) is 18.6 Å². The number of nitrogens with zero attached hydrogens (tertiary/aromatic N) is 2. The number of thiazole rings is 1. The van der Waals surface area contributed by atoms with Crippen LogP contribution in [0.1, 0.15) is 25.3 Å². The minimum absolute atomic E-state index is 0.325. The molecule has 3 aromatic rings. The van der Waals surface area contributed by atoms with Gasteiger partial charge in [0.1, 0.15) is 11.6 Å². The van der Waals surface area contributed by atoms with Crippen LogP contribution >= 0.6 is 11.3 Å². The maximum atomic E-state index is 13.5. The van der Waals surface area contributed by atoms with Gasteiger partial charge in [0.15, 0.2) is 0 Å². The summed E-state index contributed by atoms with van der Waals surface area (Å²) >= 11 is 1.48. The third-order valence-electron chi connectivity index (χ3n) is 3.67. The second-order valence-electron chi connectivity index (χ2n) is 5.66. The van der Waals surface area contributed by atoms with E-state index in [1.807, 2.05) is 35.7 Å². The van der Waals surface area contributed by atoms with Gasteiger partial charge in [-0.1, -0.05) is 43.7 Å². The molecule has 0 aliphatic rings. The third-order valence-corrected chi connectivity index (χ3v) is 4.42. The molecule has 3 rings (SSSR count). The van der Waals surface area contributed by atoms with Crippen LogP contribution in [0.3, 0.4) is 0 Å². The van der Waals surface area contributed by atoms with Gasteiger partial charge in [-0.25, -0.2) is 9.37 Å². The first-order valence-electron chi connectivity index (χ1n) is 8.48. The first-order valence-corrected chi connectivity index (χ1v) is 9.36. The van der Waals surface area contributed by atoms with Crippen molar-refractivity contribution < 1.29 is 9.13 Å². The average molecular weight is 369 g/mol. The molecule has 26 heavy (non-hydrogen) atoms. The van der Waals surface area contributed by atoms with Gasteiger partial charge in [0.25, 0.3) is 0 Å². The highest BCUT2D eigenvalue weighted by atomic mass is 32.1. The Morgan fingerprint density at radius 3 is 2.88 bits per heavy atom. The summed E-state index contributed by atoms with van der Waals surface area (Å²) in [5, 5.41) is 6.87. The smallest absolute Gasteiger partial charge is 0.203 e. The summed E-state index contributed by atoms with van der Waals surface area (Å²) < 4.78 is 19.1. The molecule has 4 nitrogen and oxygen atoms in total. The number of hydrogen-bond donors (Lipinski definition) is 1. The summed E-state index contributed by atoms with van der Waals surface area (Å²) in [6, 6.07) is 14.4. The molecule has 0 aliphatic heterocycles. The molecule has 0 atom stereocenters. The number of ether oxygens (including phenoxy) is 1. The molecular formula is C20H20FN3OS. The zero-order valence-electron chi connectivity index (χ0n) is 14.5. The number of benzene rings is 2. The molecule has 0 saturated heterocycles. The molecule has 0 fully saturated rings. The molecule has 1 aromatic heterocycles. The normalized spacial score (nSPS) is 11.0. The number of anilines is 1. The number of halogens is 1. The number of unbranched alkanes of at least 4 members (excludes halogenated alkanes) is 1. The molecule has 134 valence electrons. The van der Waals surface area contributed by atoms with Crippen LogP contribution in [0.2, 0.25) is 0 Å². The van der Waals surface area contributed by atoms with Crippen LogP contribution in [-0.4, -0.2) is 17.8 Å². The standard InChI is InChI=1S/C20H20FN3OS/c1-2-3-11-25-19-12-17(21)10-9-16(19)13-22-24-20-23-18(14-26-20)15-7-5-4-6-8-15/h4-10,12-14H,2-3,11H2,1H3,(H,23,24). The van der Waals surface area contributed by atoms with E-state index in [9.17, 15) is 4.39 Å².